The number of hydrogen-bond donors (Lipinski definition) is 0. The van der Waals surface area contributed by atoms with E-state index in [9.17, 15) is 0 Å². The van der Waals surface area contributed by atoms with E-state index in [4.69, 9.17) is 9.96 Å². The van der Waals surface area contributed by atoms with Crippen LogP contribution in [0, 0.1) is 14.9 Å². The molecule has 0 bridgehead atoms. The number of hydrogen-bond acceptors (Lipinski definition) is 0. The molecule has 0 radical (unpaired) electrons. The molecule has 2 aliphatic rings. The van der Waals surface area contributed by atoms with Crippen LogP contribution in [0.25, 0.3) is 9.96 Å². The summed E-state index contributed by atoms with van der Waals surface area (Å²) >= 11 is 0. The van der Waals surface area contributed by atoms with E-state index in [1.165, 1.54) is 0 Å². The predicted octanol–water partition coefficient (Wildman–Crippen LogP) is 8.48. The third-order valence-corrected chi connectivity index (χ3v) is 10.7. The third-order valence-electron chi connectivity index (χ3n) is 4.34. The summed E-state index contributed by atoms with van der Waals surface area (Å²) in [7, 11) is -2.96. The van der Waals surface area contributed by atoms with E-state index in [2.05, 4.69) is 104 Å². The molecular formula is C24H46N2Si2Ti. The van der Waals surface area contributed by atoms with Crippen molar-refractivity contribution in [1.29, 1.82) is 0 Å². The molecule has 0 aromatic heterocycles. The van der Waals surface area contributed by atoms with Crippen molar-refractivity contribution in [2.45, 2.75) is 91.6 Å². The van der Waals surface area contributed by atoms with Crippen LogP contribution < -0.4 is 0 Å². The molecule has 0 fully saturated rings. The Kier molecular flexibility index (Phi) is 14.8. The van der Waals surface area contributed by atoms with Crippen molar-refractivity contribution >= 4 is 16.5 Å². The monoisotopic (exact) mass is 466 g/mol. The molecule has 164 valence electrons. The molecule has 0 N–H and O–H groups in total. The molecule has 2 rings (SSSR count). The van der Waals surface area contributed by atoms with Gasteiger partial charge < -0.3 is 24.8 Å². The predicted molar refractivity (Wildman–Crippen MR) is 138 cm³/mol. The molecule has 2 aliphatic carbocycles. The number of rotatable bonds is 4. The molecule has 0 aromatic rings. The zero-order valence-corrected chi connectivity index (χ0v) is 24.8. The van der Waals surface area contributed by atoms with Crippen molar-refractivity contribution < 1.29 is 21.7 Å². The van der Waals surface area contributed by atoms with Gasteiger partial charge in [0.25, 0.3) is 0 Å². The maximum Gasteiger partial charge on any atom is 4.00 e. The van der Waals surface area contributed by atoms with E-state index in [1.807, 2.05) is 0 Å². The summed E-state index contributed by atoms with van der Waals surface area (Å²) in [4.78, 5) is 9.91. The molecule has 0 saturated carbocycles. The number of allylic oxidation sites excluding steroid dienone is 8. The molecule has 0 heterocycles. The summed E-state index contributed by atoms with van der Waals surface area (Å²) in [5.74, 6) is 0. The summed E-state index contributed by atoms with van der Waals surface area (Å²) in [6.07, 6.45) is 15.5. The van der Waals surface area contributed by atoms with Crippen LogP contribution in [0.1, 0.15) is 54.4 Å². The van der Waals surface area contributed by atoms with E-state index in [1.54, 1.807) is 10.4 Å². The van der Waals surface area contributed by atoms with Gasteiger partial charge in [-0.05, 0) is 29.3 Å². The first-order valence-electron chi connectivity index (χ1n) is 9.83. The van der Waals surface area contributed by atoms with E-state index < -0.39 is 16.5 Å². The average Bonchev–Trinajstić information content (AvgIpc) is 3.09. The Balaban J connectivity index is -0.000000422. The largest absolute Gasteiger partial charge is 4.00 e. The molecule has 0 aliphatic heterocycles. The van der Waals surface area contributed by atoms with E-state index in [0.717, 1.165) is 12.8 Å². The van der Waals surface area contributed by atoms with Crippen molar-refractivity contribution in [2.24, 2.45) is 0 Å². The van der Waals surface area contributed by atoms with Gasteiger partial charge in [-0.15, -0.1) is 11.1 Å². The van der Waals surface area contributed by atoms with Gasteiger partial charge in [-0.1, -0.05) is 115 Å². The fraction of sp³-hybridized carbons (Fsp3) is 0.583. The van der Waals surface area contributed by atoms with Gasteiger partial charge in [0.05, 0.1) is 0 Å². The molecule has 2 nitrogen and oxygen atoms in total. The summed E-state index contributed by atoms with van der Waals surface area (Å²) < 4.78 is 0. The van der Waals surface area contributed by atoms with E-state index >= 15 is 0 Å². The normalized spacial score (nSPS) is 15.9. The third kappa shape index (κ3) is 13.1. The maximum absolute atomic E-state index is 4.95. The number of nitrogens with zero attached hydrogens (tertiary/aromatic N) is 2. The fourth-order valence-electron chi connectivity index (χ4n) is 3.62. The molecular weight excluding hydrogens is 420 g/mol. The quantitative estimate of drug-likeness (QED) is 0.294. The zero-order valence-electron chi connectivity index (χ0n) is 21.3. The molecule has 0 atom stereocenters. The minimum atomic E-state index is -1.48. The average molecular weight is 467 g/mol. The van der Waals surface area contributed by atoms with Crippen molar-refractivity contribution in [1.82, 2.24) is 0 Å². The minimum absolute atomic E-state index is 0. The van der Waals surface area contributed by atoms with Crippen molar-refractivity contribution in [2.75, 3.05) is 0 Å². The van der Waals surface area contributed by atoms with Gasteiger partial charge in [0.15, 0.2) is 0 Å². The van der Waals surface area contributed by atoms with Crippen LogP contribution in [0.15, 0.2) is 46.8 Å². The van der Waals surface area contributed by atoms with Crippen LogP contribution in [0.5, 0.6) is 0 Å². The summed E-state index contributed by atoms with van der Waals surface area (Å²) in [5, 5.41) is 3.12. The van der Waals surface area contributed by atoms with Crippen molar-refractivity contribution in [3.8, 4) is 0 Å². The Morgan fingerprint density at radius 3 is 1.10 bits per heavy atom. The topological polar surface area (TPSA) is 28.2 Å². The molecule has 0 aromatic carbocycles. The SMILES string of the molecule is CC(C)(C)[N-][Si](C)(C)C1=CC=CC1.CC(C)(C)[N-][Si](C)(C)C1=CC=CC1.[CH3-].[CH3-].[Ti+4]. The van der Waals surface area contributed by atoms with Crippen LogP contribution in [0.2, 0.25) is 26.2 Å². The zero-order chi connectivity index (χ0) is 20.2. The first-order valence-corrected chi connectivity index (χ1v) is 15.7. The van der Waals surface area contributed by atoms with Crippen LogP contribution >= 0.6 is 0 Å². The first kappa shape index (κ1) is 33.7. The van der Waals surface area contributed by atoms with E-state index in [0.29, 0.717) is 0 Å². The van der Waals surface area contributed by atoms with Crippen LogP contribution in [-0.4, -0.2) is 27.5 Å². The smallest absolute Gasteiger partial charge is 0.656 e. The molecule has 29 heavy (non-hydrogen) atoms. The Hall–Kier alpha value is 0.0281. The summed E-state index contributed by atoms with van der Waals surface area (Å²) in [6.45, 7) is 22.4. The summed E-state index contributed by atoms with van der Waals surface area (Å²) in [6, 6.07) is 0. The van der Waals surface area contributed by atoms with Crippen LogP contribution in [0.3, 0.4) is 0 Å². The second-order valence-corrected chi connectivity index (χ2v) is 18.3. The maximum atomic E-state index is 4.95. The van der Waals surface area contributed by atoms with Gasteiger partial charge >= 0.3 is 21.7 Å². The minimum Gasteiger partial charge on any atom is -0.656 e. The second-order valence-electron chi connectivity index (χ2n) is 10.3. The first-order chi connectivity index (χ1) is 11.6. The van der Waals surface area contributed by atoms with E-state index in [-0.39, 0.29) is 47.6 Å². The van der Waals surface area contributed by atoms with Gasteiger partial charge in [-0.2, -0.15) is 0 Å². The molecule has 0 unspecified atom stereocenters. The van der Waals surface area contributed by atoms with Gasteiger partial charge in [0, 0.05) is 0 Å². The Bertz CT molecular complexity index is 547. The van der Waals surface area contributed by atoms with Crippen LogP contribution in [0.4, 0.5) is 0 Å². The second kappa shape index (κ2) is 12.8. The van der Waals surface area contributed by atoms with Crippen molar-refractivity contribution in [3.05, 3.63) is 71.7 Å². The van der Waals surface area contributed by atoms with Crippen molar-refractivity contribution in [3.63, 3.8) is 0 Å². The molecule has 0 spiro atoms. The summed E-state index contributed by atoms with van der Waals surface area (Å²) in [5.41, 5.74) is 0.221. The standard InChI is InChI=1S/2C11H20NSi.2CH3.Ti/c2*1-11(2,3)12-13(4,5)10-8-6-7-9-10;;;/h2*6-8H,9H2,1-5H3;2*1H3;/q4*-1;+4. The van der Waals surface area contributed by atoms with Gasteiger partial charge in [0.2, 0.25) is 0 Å². The Labute approximate surface area is 200 Å². The van der Waals surface area contributed by atoms with Gasteiger partial charge in [0.1, 0.15) is 0 Å². The molecule has 0 saturated heterocycles. The molecule has 0 amide bonds. The Morgan fingerprint density at radius 2 is 0.931 bits per heavy atom. The van der Waals surface area contributed by atoms with Crippen LogP contribution in [-0.2, 0) is 21.7 Å². The van der Waals surface area contributed by atoms with Gasteiger partial charge in [-0.3, -0.25) is 0 Å². The molecule has 5 heteroatoms. The Morgan fingerprint density at radius 1 is 0.655 bits per heavy atom. The fourth-order valence-corrected chi connectivity index (χ4v) is 9.51. The van der Waals surface area contributed by atoms with Gasteiger partial charge in [-0.25, -0.2) is 0 Å².